The monoisotopic (exact) mass is 329 g/mol. The van der Waals surface area contributed by atoms with Crippen LogP contribution >= 0.6 is 0 Å². The Hall–Kier alpha value is -3.27. The first-order valence-corrected chi connectivity index (χ1v) is 8.06. The van der Waals surface area contributed by atoms with E-state index in [2.05, 4.69) is 6.07 Å². The van der Waals surface area contributed by atoms with E-state index < -0.39 is 0 Å². The van der Waals surface area contributed by atoms with Gasteiger partial charge in [0.25, 0.3) is 0 Å². The van der Waals surface area contributed by atoms with Gasteiger partial charge in [-0.3, -0.25) is 0 Å². The molecule has 0 bridgehead atoms. The Balaban J connectivity index is 1.95. The Bertz CT molecular complexity index is 1150. The van der Waals surface area contributed by atoms with E-state index in [1.807, 2.05) is 48.5 Å². The summed E-state index contributed by atoms with van der Waals surface area (Å²) in [5.41, 5.74) is 2.79. The molecule has 1 aliphatic rings. The van der Waals surface area contributed by atoms with Crippen LogP contribution in [0.15, 0.2) is 54.6 Å². The fourth-order valence-corrected chi connectivity index (χ4v) is 3.49. The second-order valence-corrected chi connectivity index (χ2v) is 5.96. The van der Waals surface area contributed by atoms with Crippen molar-refractivity contribution < 1.29 is 14.2 Å². The summed E-state index contributed by atoms with van der Waals surface area (Å²) in [6, 6.07) is 17.9. The largest absolute Gasteiger partial charge is 0.497 e. The zero-order chi connectivity index (χ0) is 17.0. The quantitative estimate of drug-likeness (QED) is 0.419. The molecular formula is C21H15NO3. The van der Waals surface area contributed by atoms with Crippen molar-refractivity contribution in [1.29, 1.82) is 0 Å². The molecule has 0 radical (unpaired) electrons. The first-order chi connectivity index (χ1) is 12.3. The molecule has 0 saturated heterocycles. The molecule has 0 N–H and O–H groups in total. The lowest BCUT2D eigenvalue weighted by atomic mass is 9.96. The van der Waals surface area contributed by atoms with Crippen molar-refractivity contribution in [2.45, 2.75) is 0 Å². The topological polar surface area (TPSA) is 40.6 Å². The zero-order valence-corrected chi connectivity index (χ0v) is 13.9. The van der Waals surface area contributed by atoms with E-state index in [4.69, 9.17) is 19.2 Å². The fourth-order valence-electron chi connectivity index (χ4n) is 3.49. The third kappa shape index (κ3) is 1.91. The number of methoxy groups -OCH3 is 2. The Morgan fingerprint density at radius 1 is 0.880 bits per heavy atom. The highest BCUT2D eigenvalue weighted by Crippen LogP contribution is 2.50. The van der Waals surface area contributed by atoms with Crippen LogP contribution in [-0.2, 0) is 0 Å². The van der Waals surface area contributed by atoms with Crippen LogP contribution in [0.1, 0.15) is 0 Å². The van der Waals surface area contributed by atoms with E-state index in [9.17, 15) is 0 Å². The van der Waals surface area contributed by atoms with Crippen molar-refractivity contribution >= 4 is 21.7 Å². The standard InChI is InChI=1S/C21H15NO3/c1-23-12-9-10-16-15(11-12)13-5-3-7-17-19(13)20(22-16)14-6-4-8-18(24-2)21(14)25-17/h3-11H,1-2H3. The van der Waals surface area contributed by atoms with Crippen molar-refractivity contribution in [1.82, 2.24) is 4.98 Å². The first kappa shape index (κ1) is 14.1. The third-order valence-electron chi connectivity index (χ3n) is 4.66. The molecule has 0 fully saturated rings. The minimum atomic E-state index is 0.705. The smallest absolute Gasteiger partial charge is 0.178 e. The number of nitrogens with zero attached hydrogens (tertiary/aromatic N) is 1. The van der Waals surface area contributed by atoms with Gasteiger partial charge in [0.2, 0.25) is 0 Å². The van der Waals surface area contributed by atoms with E-state index in [0.29, 0.717) is 11.5 Å². The van der Waals surface area contributed by atoms with Crippen molar-refractivity contribution in [3.05, 3.63) is 54.6 Å². The van der Waals surface area contributed by atoms with Gasteiger partial charge in [-0.25, -0.2) is 4.98 Å². The molecule has 122 valence electrons. The Morgan fingerprint density at radius 3 is 2.60 bits per heavy atom. The average molecular weight is 329 g/mol. The maximum Gasteiger partial charge on any atom is 0.178 e. The summed E-state index contributed by atoms with van der Waals surface area (Å²) in [5.74, 6) is 3.03. The fraction of sp³-hybridized carbons (Fsp3) is 0.0952. The van der Waals surface area contributed by atoms with Gasteiger partial charge in [-0.2, -0.15) is 0 Å². The van der Waals surface area contributed by atoms with Crippen molar-refractivity contribution in [2.75, 3.05) is 14.2 Å². The summed E-state index contributed by atoms with van der Waals surface area (Å²) in [7, 11) is 3.32. The van der Waals surface area contributed by atoms with Gasteiger partial charge in [0.05, 0.1) is 30.8 Å². The molecule has 0 amide bonds. The average Bonchev–Trinajstić information content (AvgIpc) is 2.67. The van der Waals surface area contributed by atoms with E-state index in [-0.39, 0.29) is 0 Å². The second-order valence-electron chi connectivity index (χ2n) is 5.96. The van der Waals surface area contributed by atoms with Gasteiger partial charge in [0, 0.05) is 10.9 Å². The van der Waals surface area contributed by atoms with Gasteiger partial charge in [-0.15, -0.1) is 0 Å². The van der Waals surface area contributed by atoms with Crippen molar-refractivity contribution in [3.63, 3.8) is 0 Å². The van der Waals surface area contributed by atoms with Crippen LogP contribution in [0, 0.1) is 0 Å². The summed E-state index contributed by atoms with van der Waals surface area (Å²) in [6.45, 7) is 0. The normalized spacial score (nSPS) is 11.9. The summed E-state index contributed by atoms with van der Waals surface area (Å²) < 4.78 is 17.0. The van der Waals surface area contributed by atoms with E-state index in [0.717, 1.165) is 44.4 Å². The van der Waals surface area contributed by atoms with Gasteiger partial charge in [-0.1, -0.05) is 18.2 Å². The van der Waals surface area contributed by atoms with Gasteiger partial charge in [-0.05, 0) is 41.8 Å². The van der Waals surface area contributed by atoms with Crippen LogP contribution in [0.5, 0.6) is 23.0 Å². The molecular weight excluding hydrogens is 314 g/mol. The molecule has 0 unspecified atom stereocenters. The molecule has 0 spiro atoms. The second kappa shape index (κ2) is 5.11. The molecule has 4 aromatic rings. The number of hydrogen-bond donors (Lipinski definition) is 0. The van der Waals surface area contributed by atoms with Crippen LogP contribution in [0.25, 0.3) is 32.9 Å². The Labute approximate surface area is 144 Å². The SMILES string of the molecule is COc1ccc2nc3c4c(cccc4c2c1)Oc1c(OC)cccc1-3. The van der Waals surface area contributed by atoms with Crippen LogP contribution in [-0.4, -0.2) is 19.2 Å². The van der Waals surface area contributed by atoms with Crippen LogP contribution < -0.4 is 14.2 Å². The summed E-state index contributed by atoms with van der Waals surface area (Å²) >= 11 is 0. The first-order valence-electron chi connectivity index (χ1n) is 8.06. The lowest BCUT2D eigenvalue weighted by molar-refractivity contribution is 0.380. The van der Waals surface area contributed by atoms with Crippen molar-refractivity contribution in [3.8, 4) is 34.3 Å². The predicted octanol–water partition coefficient (Wildman–Crippen LogP) is 5.18. The molecule has 5 rings (SSSR count). The molecule has 25 heavy (non-hydrogen) atoms. The number of aromatic nitrogens is 1. The minimum Gasteiger partial charge on any atom is -0.497 e. The van der Waals surface area contributed by atoms with E-state index in [1.54, 1.807) is 14.2 Å². The third-order valence-corrected chi connectivity index (χ3v) is 4.66. The maximum absolute atomic E-state index is 6.18. The number of hydrogen-bond acceptors (Lipinski definition) is 4. The lowest BCUT2D eigenvalue weighted by Gasteiger charge is -2.23. The van der Waals surface area contributed by atoms with Gasteiger partial charge < -0.3 is 14.2 Å². The number of fused-ring (bicyclic) bond motifs is 4. The summed E-state index contributed by atoms with van der Waals surface area (Å²) in [5, 5.41) is 3.17. The van der Waals surface area contributed by atoms with Crippen molar-refractivity contribution in [2.24, 2.45) is 0 Å². The molecule has 4 nitrogen and oxygen atoms in total. The zero-order valence-electron chi connectivity index (χ0n) is 13.9. The number of para-hydroxylation sites is 1. The molecule has 0 saturated carbocycles. The molecule has 0 aliphatic carbocycles. The lowest BCUT2D eigenvalue weighted by Crippen LogP contribution is -2.01. The van der Waals surface area contributed by atoms with E-state index >= 15 is 0 Å². The van der Waals surface area contributed by atoms with Crippen LogP contribution in [0.2, 0.25) is 0 Å². The van der Waals surface area contributed by atoms with Gasteiger partial charge in [0.15, 0.2) is 11.5 Å². The maximum atomic E-state index is 6.18. The minimum absolute atomic E-state index is 0.705. The molecule has 3 aromatic carbocycles. The molecule has 1 aromatic heterocycles. The number of benzene rings is 3. The number of rotatable bonds is 2. The molecule has 4 heteroatoms. The molecule has 2 heterocycles. The number of pyridine rings is 1. The Kier molecular flexibility index (Phi) is 2.88. The van der Waals surface area contributed by atoms with E-state index in [1.165, 1.54) is 0 Å². The summed E-state index contributed by atoms with van der Waals surface area (Å²) in [6.07, 6.45) is 0. The molecule has 1 aliphatic heterocycles. The predicted molar refractivity (Wildman–Crippen MR) is 97.9 cm³/mol. The van der Waals surface area contributed by atoms with Crippen LogP contribution in [0.3, 0.4) is 0 Å². The highest BCUT2D eigenvalue weighted by Gasteiger charge is 2.25. The molecule has 0 atom stereocenters. The highest BCUT2D eigenvalue weighted by atomic mass is 16.5. The number of ether oxygens (including phenoxy) is 3. The van der Waals surface area contributed by atoms with Gasteiger partial charge >= 0.3 is 0 Å². The highest BCUT2D eigenvalue weighted by molar-refractivity contribution is 6.15. The van der Waals surface area contributed by atoms with Gasteiger partial charge in [0.1, 0.15) is 11.5 Å². The van der Waals surface area contributed by atoms with Crippen LogP contribution in [0.4, 0.5) is 0 Å². The summed E-state index contributed by atoms with van der Waals surface area (Å²) in [4.78, 5) is 4.93. The Morgan fingerprint density at radius 2 is 1.76 bits per heavy atom.